The van der Waals surface area contributed by atoms with Crippen LogP contribution < -0.4 is 4.90 Å². The molecule has 0 aliphatic carbocycles. The molecule has 0 radical (unpaired) electrons. The van der Waals surface area contributed by atoms with Crippen molar-refractivity contribution < 1.29 is 19.7 Å². The third kappa shape index (κ3) is 13.4. The molecule has 44 heavy (non-hydrogen) atoms. The molecule has 9 nitrogen and oxygen atoms in total. The van der Waals surface area contributed by atoms with Crippen molar-refractivity contribution in [3.8, 4) is 12.1 Å². The summed E-state index contributed by atoms with van der Waals surface area (Å²) < 4.78 is 11.7. The lowest BCUT2D eigenvalue weighted by Gasteiger charge is -2.26. The van der Waals surface area contributed by atoms with E-state index in [1.165, 1.54) is 37.0 Å². The molecule has 1 heterocycles. The van der Waals surface area contributed by atoms with Gasteiger partial charge in [-0.1, -0.05) is 65.2 Å². The number of rotatable bonds is 23. The fourth-order valence-electron chi connectivity index (χ4n) is 4.79. The Morgan fingerprint density at radius 1 is 0.841 bits per heavy atom. The third-order valence-electron chi connectivity index (χ3n) is 7.55. The molecule has 0 spiro atoms. The first-order chi connectivity index (χ1) is 21.3. The van der Waals surface area contributed by atoms with Crippen LogP contribution in [0.2, 0.25) is 0 Å². The second-order valence-electron chi connectivity index (χ2n) is 11.3. The maximum atomic E-state index is 10.3. The number of anilines is 1. The SMILES string of the molecule is CCCCCCC(O)COCCN(CCOCC(O)CCCCCC)c1ccc(/N=N/c2sc(C#N)c(C)c2C#N)c(C)c1. The van der Waals surface area contributed by atoms with Gasteiger partial charge in [0.2, 0.25) is 0 Å². The highest BCUT2D eigenvalue weighted by Gasteiger charge is 2.15. The Bertz CT molecular complexity index is 1190. The molecule has 0 aliphatic rings. The molecule has 1 aromatic heterocycles. The maximum Gasteiger partial charge on any atom is 0.158 e. The minimum atomic E-state index is -0.452. The van der Waals surface area contributed by atoms with Gasteiger partial charge in [0, 0.05) is 18.8 Å². The van der Waals surface area contributed by atoms with Gasteiger partial charge >= 0.3 is 0 Å². The Labute approximate surface area is 268 Å². The van der Waals surface area contributed by atoms with Crippen molar-refractivity contribution in [2.24, 2.45) is 10.2 Å². The molecule has 0 saturated carbocycles. The van der Waals surface area contributed by atoms with E-state index in [0.717, 1.165) is 49.8 Å². The number of thiophene rings is 1. The summed E-state index contributed by atoms with van der Waals surface area (Å²) in [5.41, 5.74) is 3.58. The van der Waals surface area contributed by atoms with E-state index < -0.39 is 12.2 Å². The van der Waals surface area contributed by atoms with Gasteiger partial charge in [-0.3, -0.25) is 0 Å². The zero-order chi connectivity index (χ0) is 32.2. The molecule has 2 rings (SSSR count). The minimum absolute atomic E-state index is 0.319. The van der Waals surface area contributed by atoms with Crippen LogP contribution in [0.15, 0.2) is 28.4 Å². The predicted molar refractivity (Wildman–Crippen MR) is 177 cm³/mol. The van der Waals surface area contributed by atoms with Gasteiger partial charge in [0.05, 0.1) is 49.9 Å². The van der Waals surface area contributed by atoms with Crippen LogP contribution in [0, 0.1) is 36.5 Å². The summed E-state index contributed by atoms with van der Waals surface area (Å²) in [6, 6.07) is 10.1. The van der Waals surface area contributed by atoms with Gasteiger partial charge in [0.25, 0.3) is 0 Å². The van der Waals surface area contributed by atoms with E-state index in [4.69, 9.17) is 9.47 Å². The fraction of sp³-hybridized carbons (Fsp3) is 0.647. The fourth-order valence-corrected chi connectivity index (χ4v) is 5.67. The van der Waals surface area contributed by atoms with Crippen LogP contribution in [-0.2, 0) is 9.47 Å². The average Bonchev–Trinajstić information content (AvgIpc) is 3.33. The van der Waals surface area contributed by atoms with Gasteiger partial charge in [-0.25, -0.2) is 0 Å². The summed E-state index contributed by atoms with van der Waals surface area (Å²) in [4.78, 5) is 2.64. The third-order valence-corrected chi connectivity index (χ3v) is 8.63. The van der Waals surface area contributed by atoms with Crippen LogP contribution >= 0.6 is 11.3 Å². The standard InChI is InChI=1S/C34H51N5O4S/c1-5-7-9-11-13-29(40)24-42-19-17-39(18-20-43-25-30(41)14-12-10-8-6-2)28-15-16-32(26(3)21-28)37-38-34-31(22-35)27(4)33(23-36)44-34/h15-16,21,29-30,40-41H,5-14,17-20,24-25H2,1-4H3/b38-37+. The van der Waals surface area contributed by atoms with Crippen molar-refractivity contribution in [3.05, 3.63) is 39.8 Å². The molecular weight excluding hydrogens is 574 g/mol. The van der Waals surface area contributed by atoms with E-state index in [1.807, 2.05) is 25.1 Å². The number of unbranched alkanes of at least 4 members (excludes halogenated alkanes) is 6. The van der Waals surface area contributed by atoms with Crippen LogP contribution in [0.3, 0.4) is 0 Å². The lowest BCUT2D eigenvalue weighted by molar-refractivity contribution is 0.0291. The van der Waals surface area contributed by atoms with E-state index >= 15 is 0 Å². The number of hydrogen-bond donors (Lipinski definition) is 2. The molecule has 0 saturated heterocycles. The molecule has 2 aromatic rings. The van der Waals surface area contributed by atoms with Gasteiger partial charge in [-0.2, -0.15) is 10.5 Å². The highest BCUT2D eigenvalue weighted by molar-refractivity contribution is 7.16. The van der Waals surface area contributed by atoms with Gasteiger partial charge < -0.3 is 24.6 Å². The van der Waals surface area contributed by atoms with Crippen molar-refractivity contribution in [2.75, 3.05) is 44.4 Å². The molecule has 0 amide bonds. The van der Waals surface area contributed by atoms with Crippen molar-refractivity contribution in [1.82, 2.24) is 0 Å². The first-order valence-electron chi connectivity index (χ1n) is 16.1. The van der Waals surface area contributed by atoms with Gasteiger partial charge in [-0.05, 0) is 56.0 Å². The Morgan fingerprint density at radius 2 is 1.43 bits per heavy atom. The number of azo groups is 1. The number of hydrogen-bond acceptors (Lipinski definition) is 10. The Hall–Kier alpha value is -2.86. The van der Waals surface area contributed by atoms with Crippen LogP contribution in [0.4, 0.5) is 16.4 Å². The average molecular weight is 626 g/mol. The Balaban J connectivity index is 2.02. The minimum Gasteiger partial charge on any atom is -0.391 e. The molecule has 0 fully saturated rings. The van der Waals surface area contributed by atoms with Crippen LogP contribution in [0.1, 0.15) is 99.6 Å². The number of aryl methyl sites for hydroxylation is 1. The van der Waals surface area contributed by atoms with Crippen LogP contribution in [-0.4, -0.2) is 61.9 Å². The van der Waals surface area contributed by atoms with Crippen molar-refractivity contribution in [3.63, 3.8) is 0 Å². The first kappa shape index (κ1) is 37.3. The molecule has 242 valence electrons. The second-order valence-corrected chi connectivity index (χ2v) is 12.3. The van der Waals surface area contributed by atoms with E-state index in [9.17, 15) is 20.7 Å². The van der Waals surface area contributed by atoms with Crippen molar-refractivity contribution in [2.45, 2.75) is 104 Å². The Morgan fingerprint density at radius 3 is 1.93 bits per heavy atom. The zero-order valence-corrected chi connectivity index (χ0v) is 27.9. The molecule has 2 unspecified atom stereocenters. The van der Waals surface area contributed by atoms with E-state index in [-0.39, 0.29) is 0 Å². The normalized spacial score (nSPS) is 12.7. The van der Waals surface area contributed by atoms with Crippen LogP contribution in [0.5, 0.6) is 0 Å². The predicted octanol–water partition coefficient (Wildman–Crippen LogP) is 8.03. The number of aliphatic hydroxyl groups excluding tert-OH is 2. The lowest BCUT2D eigenvalue weighted by Crippen LogP contribution is -2.32. The number of ether oxygens (including phenoxy) is 2. The largest absolute Gasteiger partial charge is 0.391 e. The molecule has 10 heteroatoms. The Kier molecular flexibility index (Phi) is 18.5. The van der Waals surface area contributed by atoms with E-state index in [2.05, 4.69) is 41.1 Å². The smallest absolute Gasteiger partial charge is 0.158 e. The van der Waals surface area contributed by atoms with Crippen LogP contribution in [0.25, 0.3) is 0 Å². The lowest BCUT2D eigenvalue weighted by atomic mass is 10.1. The van der Waals surface area contributed by atoms with E-state index in [0.29, 0.717) is 66.2 Å². The summed E-state index contributed by atoms with van der Waals surface area (Å²) in [6.45, 7) is 10.8. The molecule has 1 aromatic carbocycles. The zero-order valence-electron chi connectivity index (χ0n) is 27.1. The summed E-state index contributed by atoms with van der Waals surface area (Å²) in [6.07, 6.45) is 9.64. The topological polar surface area (TPSA) is 134 Å². The second kappa shape index (κ2) is 21.8. The number of benzene rings is 1. The molecule has 0 bridgehead atoms. The quantitative estimate of drug-likeness (QED) is 0.0943. The van der Waals surface area contributed by atoms with E-state index in [1.54, 1.807) is 6.92 Å². The molecular formula is C34H51N5O4S. The van der Waals surface area contributed by atoms with Crippen molar-refractivity contribution >= 4 is 27.7 Å². The summed E-state index contributed by atoms with van der Waals surface area (Å²) in [5.74, 6) is 0. The monoisotopic (exact) mass is 625 g/mol. The molecule has 2 atom stereocenters. The molecule has 0 aliphatic heterocycles. The number of nitrogens with zero attached hydrogens (tertiary/aromatic N) is 5. The highest BCUT2D eigenvalue weighted by atomic mass is 32.1. The first-order valence-corrected chi connectivity index (χ1v) is 16.9. The maximum absolute atomic E-state index is 10.3. The number of aliphatic hydroxyl groups is 2. The number of nitriles is 2. The van der Waals surface area contributed by atoms with Gasteiger partial charge in [0.1, 0.15) is 17.0 Å². The highest BCUT2D eigenvalue weighted by Crippen LogP contribution is 2.36. The van der Waals surface area contributed by atoms with Crippen molar-refractivity contribution in [1.29, 1.82) is 10.5 Å². The summed E-state index contributed by atoms with van der Waals surface area (Å²) >= 11 is 1.17. The summed E-state index contributed by atoms with van der Waals surface area (Å²) in [5, 5.41) is 48.5. The van der Waals surface area contributed by atoms with Gasteiger partial charge in [0.15, 0.2) is 5.00 Å². The molecule has 2 N–H and O–H groups in total. The summed E-state index contributed by atoms with van der Waals surface area (Å²) in [7, 11) is 0. The van der Waals surface area contributed by atoms with Gasteiger partial charge in [-0.15, -0.1) is 21.6 Å².